The summed E-state index contributed by atoms with van der Waals surface area (Å²) in [5.41, 5.74) is 0. The van der Waals surface area contributed by atoms with Crippen LogP contribution in [-0.4, -0.2) is 19.6 Å². The minimum absolute atomic E-state index is 0. The summed E-state index contributed by atoms with van der Waals surface area (Å²) in [4.78, 5) is 1.68. The molecule has 0 rings (SSSR count). The fraction of sp³-hybridized carbons (Fsp3) is 1.00. The van der Waals surface area contributed by atoms with Crippen LogP contribution in [0.15, 0.2) is 0 Å². The van der Waals surface area contributed by atoms with Gasteiger partial charge in [-0.1, -0.05) is 0 Å². The second-order valence-corrected chi connectivity index (χ2v) is 1.81. The van der Waals surface area contributed by atoms with E-state index in [0.29, 0.717) is 0 Å². The summed E-state index contributed by atoms with van der Waals surface area (Å²) in [6.07, 6.45) is 0. The molecule has 0 aliphatic carbocycles. The van der Waals surface area contributed by atoms with Crippen molar-refractivity contribution in [3.05, 3.63) is 0 Å². The first-order valence-electron chi connectivity index (χ1n) is 3.18. The first-order valence-corrected chi connectivity index (χ1v) is 3.18. The average molecular weight is 120 g/mol. The highest BCUT2D eigenvalue weighted by atomic mass is 15.1. The monoisotopic (exact) mass is 120 g/mol. The molecule has 0 aromatic rings. The van der Waals surface area contributed by atoms with E-state index in [1.165, 1.54) is 19.6 Å². The molecule has 0 aromatic heterocycles. The van der Waals surface area contributed by atoms with E-state index in [9.17, 15) is 0 Å². The second-order valence-electron chi connectivity index (χ2n) is 1.81. The zero-order chi connectivity index (χ0) is 5.70. The molecule has 0 aliphatic heterocycles. The lowest BCUT2D eigenvalue weighted by Crippen LogP contribution is -3.11. The summed E-state index contributed by atoms with van der Waals surface area (Å²) < 4.78 is 0. The molecule has 0 fully saturated rings. The van der Waals surface area contributed by atoms with Gasteiger partial charge in [-0.3, -0.25) is 0 Å². The molecule has 2 heteroatoms. The molecule has 0 radical (unpaired) electrons. The van der Waals surface area contributed by atoms with Gasteiger partial charge in [0.25, 0.3) is 0 Å². The van der Waals surface area contributed by atoms with E-state index in [4.69, 9.17) is 0 Å². The van der Waals surface area contributed by atoms with Crippen LogP contribution in [0.3, 0.4) is 0 Å². The molecule has 0 bridgehead atoms. The van der Waals surface area contributed by atoms with Gasteiger partial charge in [0.15, 0.2) is 0 Å². The van der Waals surface area contributed by atoms with Crippen LogP contribution < -0.4 is 11.1 Å². The van der Waals surface area contributed by atoms with E-state index >= 15 is 0 Å². The quantitative estimate of drug-likeness (QED) is 0.538. The normalized spacial score (nSPS) is 9.00. The maximum atomic E-state index is 2.22. The van der Waals surface area contributed by atoms with Gasteiger partial charge in [-0.25, -0.2) is 0 Å². The van der Waals surface area contributed by atoms with E-state index in [1.807, 2.05) is 0 Å². The van der Waals surface area contributed by atoms with Crippen molar-refractivity contribution in [1.82, 2.24) is 6.15 Å². The summed E-state index contributed by atoms with van der Waals surface area (Å²) in [5.74, 6) is 0. The summed E-state index contributed by atoms with van der Waals surface area (Å²) in [6.45, 7) is 10.5. The van der Waals surface area contributed by atoms with Gasteiger partial charge in [0.2, 0.25) is 0 Å². The number of rotatable bonds is 3. The van der Waals surface area contributed by atoms with Crippen LogP contribution in [0, 0.1) is 0 Å². The van der Waals surface area contributed by atoms with Crippen LogP contribution in [0.2, 0.25) is 0 Å². The van der Waals surface area contributed by atoms with Gasteiger partial charge in [0.05, 0.1) is 19.6 Å². The predicted molar refractivity (Wildman–Crippen MR) is 38.6 cm³/mol. The fourth-order valence-corrected chi connectivity index (χ4v) is 0.750. The van der Waals surface area contributed by atoms with E-state index < -0.39 is 0 Å². The molecule has 2 nitrogen and oxygen atoms in total. The van der Waals surface area contributed by atoms with E-state index in [1.54, 1.807) is 4.90 Å². The lowest BCUT2D eigenvalue weighted by atomic mass is 10.5. The lowest BCUT2D eigenvalue weighted by molar-refractivity contribution is -0.894. The topological polar surface area (TPSA) is 40.9 Å². The van der Waals surface area contributed by atoms with Crippen LogP contribution in [-0.2, 0) is 0 Å². The summed E-state index contributed by atoms with van der Waals surface area (Å²) in [7, 11) is 0. The Morgan fingerprint density at radius 1 is 0.875 bits per heavy atom. The number of quaternary nitrogens is 2. The highest BCUT2D eigenvalue weighted by molar-refractivity contribution is 4.11. The third-order valence-corrected chi connectivity index (χ3v) is 1.50. The van der Waals surface area contributed by atoms with Crippen molar-refractivity contribution in [2.45, 2.75) is 20.8 Å². The summed E-state index contributed by atoms with van der Waals surface area (Å²) in [5, 5.41) is 0. The van der Waals surface area contributed by atoms with Gasteiger partial charge in [-0.05, 0) is 20.8 Å². The smallest absolute Gasteiger partial charge is 0.0742 e. The third-order valence-electron chi connectivity index (χ3n) is 1.50. The molecule has 0 saturated carbocycles. The van der Waals surface area contributed by atoms with E-state index in [2.05, 4.69) is 20.8 Å². The summed E-state index contributed by atoms with van der Waals surface area (Å²) in [6, 6.07) is 0. The lowest BCUT2D eigenvalue weighted by Gasteiger charge is -2.10. The Morgan fingerprint density at radius 3 is 1.12 bits per heavy atom. The van der Waals surface area contributed by atoms with Gasteiger partial charge in [-0.15, -0.1) is 0 Å². The predicted octanol–water partition coefficient (Wildman–Crippen LogP) is 0.307. The highest BCUT2D eigenvalue weighted by Gasteiger charge is 1.92. The van der Waals surface area contributed by atoms with E-state index in [0.717, 1.165) is 0 Å². The highest BCUT2D eigenvalue weighted by Crippen LogP contribution is 1.45. The molecule has 0 aliphatic rings. The molecule has 0 unspecified atom stereocenters. The SMILES string of the molecule is CC[NH+](CC)CC.[NH4+]. The zero-order valence-corrected chi connectivity index (χ0v) is 6.62. The Morgan fingerprint density at radius 2 is 1.12 bits per heavy atom. The Balaban J connectivity index is 0. The minimum Gasteiger partial charge on any atom is -0.369 e. The molecule has 0 saturated heterocycles. The Labute approximate surface area is 52.5 Å². The number of nitrogens with one attached hydrogen (secondary N) is 1. The zero-order valence-electron chi connectivity index (χ0n) is 6.62. The van der Waals surface area contributed by atoms with Crippen molar-refractivity contribution in [1.29, 1.82) is 0 Å². The average Bonchev–Trinajstić information content (AvgIpc) is 1.72. The minimum atomic E-state index is 0. The van der Waals surface area contributed by atoms with Crippen molar-refractivity contribution in [3.8, 4) is 0 Å². The molecule has 0 amide bonds. The molecule has 52 valence electrons. The molecule has 8 heavy (non-hydrogen) atoms. The number of hydrogen-bond acceptors (Lipinski definition) is 0. The van der Waals surface area contributed by atoms with Gasteiger partial charge < -0.3 is 11.1 Å². The van der Waals surface area contributed by atoms with Crippen LogP contribution in [0.25, 0.3) is 0 Å². The van der Waals surface area contributed by atoms with Gasteiger partial charge >= 0.3 is 0 Å². The van der Waals surface area contributed by atoms with Crippen LogP contribution >= 0.6 is 0 Å². The molecule has 5 N–H and O–H groups in total. The van der Waals surface area contributed by atoms with Crippen molar-refractivity contribution in [3.63, 3.8) is 0 Å². The first kappa shape index (κ1) is 10.8. The summed E-state index contributed by atoms with van der Waals surface area (Å²) >= 11 is 0. The Bertz CT molecular complexity index is 28.0. The van der Waals surface area contributed by atoms with Crippen LogP contribution in [0.4, 0.5) is 0 Å². The van der Waals surface area contributed by atoms with Gasteiger partial charge in [0.1, 0.15) is 0 Å². The molecule has 0 heterocycles. The first-order chi connectivity index (χ1) is 3.35. The molecule has 0 spiro atoms. The third kappa shape index (κ3) is 4.09. The molecule has 0 aromatic carbocycles. The van der Waals surface area contributed by atoms with Gasteiger partial charge in [-0.2, -0.15) is 0 Å². The maximum absolute atomic E-state index is 2.22. The van der Waals surface area contributed by atoms with E-state index in [-0.39, 0.29) is 6.15 Å². The second kappa shape index (κ2) is 6.92. The largest absolute Gasteiger partial charge is 0.369 e. The molecule has 0 atom stereocenters. The van der Waals surface area contributed by atoms with Gasteiger partial charge in [0, 0.05) is 0 Å². The number of hydrogen-bond donors (Lipinski definition) is 2. The fourth-order valence-electron chi connectivity index (χ4n) is 0.750. The van der Waals surface area contributed by atoms with Crippen molar-refractivity contribution in [2.75, 3.05) is 19.6 Å². The molecular formula is C6H20N2+2. The standard InChI is InChI=1S/C6H15N.H3N/c1-4-7(5-2)6-3;/h4-6H2,1-3H3;1H3/p+2. The Hall–Kier alpha value is -0.0800. The van der Waals surface area contributed by atoms with Crippen molar-refractivity contribution >= 4 is 0 Å². The van der Waals surface area contributed by atoms with Crippen molar-refractivity contribution < 1.29 is 4.90 Å². The Kier molecular flexibility index (Phi) is 9.36. The van der Waals surface area contributed by atoms with Crippen LogP contribution in [0.1, 0.15) is 20.8 Å². The molecular weight excluding hydrogens is 100 g/mol. The van der Waals surface area contributed by atoms with Crippen LogP contribution in [0.5, 0.6) is 0 Å². The maximum Gasteiger partial charge on any atom is 0.0742 e. The van der Waals surface area contributed by atoms with Crippen molar-refractivity contribution in [2.24, 2.45) is 0 Å².